The number of benzene rings is 2. The molecule has 0 radical (unpaired) electrons. The van der Waals surface area contributed by atoms with Gasteiger partial charge in [0, 0.05) is 11.6 Å². The summed E-state index contributed by atoms with van der Waals surface area (Å²) in [6, 6.07) is 10.7. The Morgan fingerprint density at radius 3 is 2.83 bits per heavy atom. The van der Waals surface area contributed by atoms with Crippen LogP contribution in [0.25, 0.3) is 11.4 Å². The van der Waals surface area contributed by atoms with Gasteiger partial charge in [0.15, 0.2) is 12.0 Å². The van der Waals surface area contributed by atoms with Gasteiger partial charge in [-0.25, -0.2) is 18.8 Å². The van der Waals surface area contributed by atoms with Gasteiger partial charge in [-0.2, -0.15) is 15.1 Å². The van der Waals surface area contributed by atoms with Gasteiger partial charge in [0.25, 0.3) is 0 Å². The molecular formula is C19H12F3N7O. The molecule has 0 saturated heterocycles. The van der Waals surface area contributed by atoms with Crippen LogP contribution in [-0.2, 0) is 0 Å². The van der Waals surface area contributed by atoms with Gasteiger partial charge in [-0.3, -0.25) is 0 Å². The minimum Gasteiger partial charge on any atom is -0.313 e. The monoisotopic (exact) mass is 411 g/mol. The molecule has 0 amide bonds. The van der Waals surface area contributed by atoms with Crippen molar-refractivity contribution in [2.24, 2.45) is 4.99 Å². The molecule has 4 heterocycles. The molecule has 3 aliphatic heterocycles. The van der Waals surface area contributed by atoms with Crippen molar-refractivity contribution < 1.29 is 17.8 Å². The Hall–Kier alpha value is -4.02. The predicted molar refractivity (Wildman–Crippen MR) is 100 cm³/mol. The number of rotatable bonds is 2. The third kappa shape index (κ3) is 2.31. The van der Waals surface area contributed by atoms with E-state index in [1.807, 2.05) is 24.3 Å². The number of hydrazine groups is 1. The second-order valence-corrected chi connectivity index (χ2v) is 6.87. The number of para-hydroxylation sites is 1. The van der Waals surface area contributed by atoms with Crippen molar-refractivity contribution in [3.8, 4) is 11.4 Å². The van der Waals surface area contributed by atoms with Gasteiger partial charge in [0.2, 0.25) is 5.82 Å². The van der Waals surface area contributed by atoms with Gasteiger partial charge in [-0.1, -0.05) is 27.8 Å². The molecule has 1 unspecified atom stereocenters. The van der Waals surface area contributed by atoms with Crippen LogP contribution >= 0.6 is 0 Å². The number of halogens is 3. The minimum atomic E-state index is -0.806. The van der Waals surface area contributed by atoms with Crippen LogP contribution in [0.4, 0.5) is 25.0 Å². The van der Waals surface area contributed by atoms with Crippen LogP contribution in [0.3, 0.4) is 0 Å². The molecule has 0 N–H and O–H groups in total. The zero-order valence-electron chi connectivity index (χ0n) is 15.2. The molecule has 1 aromatic heterocycles. The molecule has 0 fully saturated rings. The van der Waals surface area contributed by atoms with Crippen LogP contribution in [0.15, 0.2) is 64.0 Å². The number of aromatic nitrogens is 2. The van der Waals surface area contributed by atoms with Crippen molar-refractivity contribution >= 4 is 18.0 Å². The van der Waals surface area contributed by atoms with E-state index in [-0.39, 0.29) is 24.1 Å². The van der Waals surface area contributed by atoms with E-state index in [2.05, 4.69) is 15.1 Å². The summed E-state index contributed by atoms with van der Waals surface area (Å²) in [4.78, 5) is 10.5. The number of aliphatic imine (C=N–C) groups is 1. The number of hydrogen-bond donors (Lipinski definition) is 0. The second-order valence-electron chi connectivity index (χ2n) is 6.87. The summed E-state index contributed by atoms with van der Waals surface area (Å²) in [6.07, 6.45) is 2.39. The maximum Gasteiger partial charge on any atom is 0.349 e. The first-order chi connectivity index (χ1) is 14.6. The highest BCUT2D eigenvalue weighted by Gasteiger charge is 2.45. The van der Waals surface area contributed by atoms with Crippen LogP contribution < -0.4 is 9.91 Å². The van der Waals surface area contributed by atoms with Crippen molar-refractivity contribution in [2.75, 3.05) is 16.6 Å². The summed E-state index contributed by atoms with van der Waals surface area (Å²) in [5, 5.41) is 7.57. The van der Waals surface area contributed by atoms with Crippen molar-refractivity contribution in [1.29, 1.82) is 0 Å². The summed E-state index contributed by atoms with van der Waals surface area (Å²) in [5.74, 6) is -1.02. The van der Waals surface area contributed by atoms with E-state index in [1.165, 1.54) is 23.6 Å². The van der Waals surface area contributed by atoms with Crippen LogP contribution in [-0.4, -0.2) is 33.3 Å². The van der Waals surface area contributed by atoms with E-state index in [1.54, 1.807) is 9.91 Å². The van der Waals surface area contributed by atoms with Crippen LogP contribution in [0.5, 0.6) is 0 Å². The molecule has 30 heavy (non-hydrogen) atoms. The quantitative estimate of drug-likeness (QED) is 0.598. The number of fused-ring (bicyclic) bond motifs is 6. The molecule has 6 rings (SSSR count). The Labute approximate surface area is 167 Å². The Morgan fingerprint density at radius 2 is 1.97 bits per heavy atom. The van der Waals surface area contributed by atoms with Gasteiger partial charge in [-0.15, -0.1) is 0 Å². The van der Waals surface area contributed by atoms with E-state index in [0.717, 1.165) is 23.4 Å². The largest absolute Gasteiger partial charge is 0.349 e. The van der Waals surface area contributed by atoms with Gasteiger partial charge < -0.3 is 9.42 Å². The summed E-state index contributed by atoms with van der Waals surface area (Å²) < 4.78 is 46.7. The third-order valence-corrected chi connectivity index (χ3v) is 5.11. The van der Waals surface area contributed by atoms with Crippen LogP contribution in [0.1, 0.15) is 11.7 Å². The lowest BCUT2D eigenvalue weighted by Crippen LogP contribution is -2.46. The number of nitrogens with zero attached hydrogens (tertiary/aromatic N) is 7. The molecule has 1 atom stereocenters. The van der Waals surface area contributed by atoms with Crippen molar-refractivity contribution in [1.82, 2.24) is 20.3 Å². The summed E-state index contributed by atoms with van der Waals surface area (Å²) >= 11 is 0. The van der Waals surface area contributed by atoms with E-state index in [4.69, 9.17) is 4.52 Å². The highest BCUT2D eigenvalue weighted by atomic mass is 19.2. The van der Waals surface area contributed by atoms with Crippen molar-refractivity contribution in [2.45, 2.75) is 6.17 Å². The predicted octanol–water partition coefficient (Wildman–Crippen LogP) is 3.56. The Kier molecular flexibility index (Phi) is 3.37. The number of anilines is 2. The maximum absolute atomic E-state index is 14.1. The lowest BCUT2D eigenvalue weighted by molar-refractivity contribution is 0.104. The summed E-state index contributed by atoms with van der Waals surface area (Å²) in [5.41, 5.74) is 1.73. The Balaban J connectivity index is 1.41. The van der Waals surface area contributed by atoms with Crippen LogP contribution in [0, 0.1) is 11.6 Å². The van der Waals surface area contributed by atoms with E-state index in [9.17, 15) is 13.3 Å². The fourth-order valence-electron chi connectivity index (χ4n) is 3.82. The van der Waals surface area contributed by atoms with Crippen LogP contribution in [0.2, 0.25) is 0 Å². The first-order valence-corrected chi connectivity index (χ1v) is 9.02. The lowest BCUT2D eigenvalue weighted by Gasteiger charge is -2.41. The van der Waals surface area contributed by atoms with Gasteiger partial charge >= 0.3 is 6.01 Å². The van der Waals surface area contributed by atoms with Gasteiger partial charge in [0.1, 0.15) is 24.6 Å². The molecule has 0 spiro atoms. The molecule has 0 saturated carbocycles. The molecule has 11 heteroatoms. The molecule has 0 aliphatic carbocycles. The third-order valence-electron chi connectivity index (χ3n) is 5.11. The maximum atomic E-state index is 14.1. The zero-order valence-corrected chi connectivity index (χ0v) is 15.2. The standard InChI is InChI=1S/C19H12F3N7O/c20-11-5-6-12(14(21)7-11)17-24-19(30-25-17)28-9-23-18-13-3-1-2-4-15(13)27-10-26(22)8-16(27)29(18)28/h1-9,18H,10H2. The molecule has 3 aliphatic rings. The Bertz CT molecular complexity index is 1230. The normalized spacial score (nSPS) is 19.2. The summed E-state index contributed by atoms with van der Waals surface area (Å²) in [7, 11) is 0. The van der Waals surface area contributed by atoms with Gasteiger partial charge in [-0.05, 0) is 18.2 Å². The van der Waals surface area contributed by atoms with Crippen molar-refractivity contribution in [3.63, 3.8) is 0 Å². The molecule has 150 valence electrons. The first kappa shape index (κ1) is 16.9. The lowest BCUT2D eigenvalue weighted by atomic mass is 10.1. The van der Waals surface area contributed by atoms with E-state index < -0.39 is 17.8 Å². The van der Waals surface area contributed by atoms with E-state index in [0.29, 0.717) is 10.9 Å². The molecule has 0 bridgehead atoms. The Morgan fingerprint density at radius 1 is 1.10 bits per heavy atom. The second kappa shape index (κ2) is 5.99. The highest BCUT2D eigenvalue weighted by Crippen LogP contribution is 2.46. The van der Waals surface area contributed by atoms with Gasteiger partial charge in [0.05, 0.1) is 17.5 Å². The topological polar surface area (TPSA) is 64.2 Å². The molecular weight excluding hydrogens is 399 g/mol. The number of hydrogen-bond acceptors (Lipinski definition) is 8. The van der Waals surface area contributed by atoms with E-state index >= 15 is 0 Å². The smallest absolute Gasteiger partial charge is 0.313 e. The average Bonchev–Trinajstić information content (AvgIpc) is 3.45. The molecule has 2 aromatic carbocycles. The fourth-order valence-corrected chi connectivity index (χ4v) is 3.82. The SMILES string of the molecule is Fc1ccc(-c2noc(N3C=NC4c5ccccc5N5CN(F)C=C5N43)n2)c(F)c1. The highest BCUT2D eigenvalue weighted by molar-refractivity contribution is 5.80. The zero-order chi connectivity index (χ0) is 20.4. The molecule has 3 aromatic rings. The average molecular weight is 411 g/mol. The fraction of sp³-hybridized carbons (Fsp3) is 0.105. The van der Waals surface area contributed by atoms with Crippen molar-refractivity contribution in [3.05, 3.63) is 71.7 Å². The first-order valence-electron chi connectivity index (χ1n) is 9.02. The molecule has 8 nitrogen and oxygen atoms in total. The summed E-state index contributed by atoms with van der Waals surface area (Å²) in [6.45, 7) is 0.0271. The minimum absolute atomic E-state index is 0.000262.